The summed E-state index contributed by atoms with van der Waals surface area (Å²) < 4.78 is 0. The van der Waals surface area contributed by atoms with Crippen molar-refractivity contribution in [2.45, 2.75) is 6.42 Å². The summed E-state index contributed by atoms with van der Waals surface area (Å²) in [6, 6.07) is 11.8. The number of phenolic OH excluding ortho intramolecular Hbond substituents is 1. The Morgan fingerprint density at radius 1 is 1.12 bits per heavy atom. The van der Waals surface area contributed by atoms with E-state index in [1.165, 1.54) is 0 Å². The van der Waals surface area contributed by atoms with E-state index in [0.29, 0.717) is 5.75 Å². The van der Waals surface area contributed by atoms with Crippen molar-refractivity contribution in [1.82, 2.24) is 0 Å². The summed E-state index contributed by atoms with van der Waals surface area (Å²) in [5.74, 6) is 0.365. The molecular formula is C14H13BrO. The zero-order valence-corrected chi connectivity index (χ0v) is 10.4. The molecule has 1 N–H and O–H groups in total. The van der Waals surface area contributed by atoms with E-state index in [1.807, 2.05) is 42.5 Å². The highest BCUT2D eigenvalue weighted by Gasteiger charge is 2.02. The average Bonchev–Trinajstić information content (AvgIpc) is 2.33. The Hall–Kier alpha value is -1.28. The molecule has 0 aliphatic rings. The van der Waals surface area contributed by atoms with Crippen LogP contribution in [-0.4, -0.2) is 10.4 Å². The van der Waals surface area contributed by atoms with Crippen molar-refractivity contribution in [3.8, 4) is 5.75 Å². The fourth-order valence-electron chi connectivity index (χ4n) is 1.68. The molecule has 0 unspecified atom stereocenters. The van der Waals surface area contributed by atoms with Crippen LogP contribution < -0.4 is 0 Å². The highest BCUT2D eigenvalue weighted by atomic mass is 79.9. The topological polar surface area (TPSA) is 20.2 Å². The van der Waals surface area contributed by atoms with Crippen LogP contribution in [0, 0.1) is 0 Å². The molecule has 0 aliphatic heterocycles. The summed E-state index contributed by atoms with van der Waals surface area (Å²) in [5.41, 5.74) is 0.875. The first-order valence-corrected chi connectivity index (χ1v) is 6.38. The van der Waals surface area contributed by atoms with Crippen LogP contribution in [0.15, 0.2) is 42.5 Å². The Balaban J connectivity index is 2.44. The zero-order valence-electron chi connectivity index (χ0n) is 8.86. The molecule has 82 valence electrons. The largest absolute Gasteiger partial charge is 0.507 e. The monoisotopic (exact) mass is 276 g/mol. The van der Waals surface area contributed by atoms with Crippen LogP contribution in [0.1, 0.15) is 12.0 Å². The minimum absolute atomic E-state index is 0.365. The fraction of sp³-hybridized carbons (Fsp3) is 0.143. The van der Waals surface area contributed by atoms with E-state index in [0.717, 1.165) is 28.1 Å². The molecule has 0 spiro atoms. The molecule has 0 aromatic heterocycles. The molecular weight excluding hydrogens is 264 g/mol. The van der Waals surface area contributed by atoms with Gasteiger partial charge in [0.1, 0.15) is 5.75 Å². The predicted molar refractivity (Wildman–Crippen MR) is 73.1 cm³/mol. The van der Waals surface area contributed by atoms with E-state index in [4.69, 9.17) is 0 Å². The van der Waals surface area contributed by atoms with Crippen molar-refractivity contribution in [3.63, 3.8) is 0 Å². The summed E-state index contributed by atoms with van der Waals surface area (Å²) >= 11 is 3.37. The molecule has 0 saturated heterocycles. The number of phenols is 1. The van der Waals surface area contributed by atoms with Gasteiger partial charge in [0.2, 0.25) is 0 Å². The third kappa shape index (κ3) is 2.27. The number of halogens is 1. The van der Waals surface area contributed by atoms with E-state index in [1.54, 1.807) is 0 Å². The van der Waals surface area contributed by atoms with E-state index in [9.17, 15) is 5.11 Å². The highest BCUT2D eigenvalue weighted by Crippen LogP contribution is 2.29. The van der Waals surface area contributed by atoms with Crippen LogP contribution >= 0.6 is 15.9 Å². The van der Waals surface area contributed by atoms with Crippen molar-refractivity contribution >= 4 is 32.8 Å². The Morgan fingerprint density at radius 2 is 1.94 bits per heavy atom. The van der Waals surface area contributed by atoms with Crippen LogP contribution in [0.5, 0.6) is 5.75 Å². The van der Waals surface area contributed by atoms with Crippen molar-refractivity contribution in [3.05, 3.63) is 48.0 Å². The quantitative estimate of drug-likeness (QED) is 0.827. The molecule has 0 bridgehead atoms. The lowest BCUT2D eigenvalue weighted by molar-refractivity contribution is 0.480. The molecule has 0 fully saturated rings. The predicted octanol–water partition coefficient (Wildman–Crippen LogP) is 4.34. The molecule has 0 amide bonds. The molecule has 2 aromatic carbocycles. The molecule has 0 atom stereocenters. The highest BCUT2D eigenvalue weighted by molar-refractivity contribution is 9.09. The number of aromatic hydroxyl groups is 1. The second kappa shape index (κ2) is 5.17. The Morgan fingerprint density at radius 3 is 2.75 bits per heavy atom. The van der Waals surface area contributed by atoms with Crippen LogP contribution in [0.4, 0.5) is 0 Å². The molecule has 16 heavy (non-hydrogen) atoms. The number of hydrogen-bond acceptors (Lipinski definition) is 1. The summed E-state index contributed by atoms with van der Waals surface area (Å²) in [4.78, 5) is 0. The summed E-state index contributed by atoms with van der Waals surface area (Å²) in [6.07, 6.45) is 4.98. The second-order valence-corrected chi connectivity index (χ2v) is 4.40. The number of rotatable bonds is 3. The summed E-state index contributed by atoms with van der Waals surface area (Å²) in [5, 5.41) is 13.0. The molecule has 1 nitrogen and oxygen atoms in total. The van der Waals surface area contributed by atoms with Crippen LogP contribution in [0.25, 0.3) is 16.8 Å². The third-order valence-corrected chi connectivity index (χ3v) is 2.96. The minimum atomic E-state index is 0.365. The zero-order chi connectivity index (χ0) is 11.4. The maximum Gasteiger partial charge on any atom is 0.130 e. The minimum Gasteiger partial charge on any atom is -0.507 e. The van der Waals surface area contributed by atoms with Gasteiger partial charge in [0.25, 0.3) is 0 Å². The van der Waals surface area contributed by atoms with Crippen LogP contribution in [0.3, 0.4) is 0 Å². The van der Waals surface area contributed by atoms with Crippen molar-refractivity contribution in [2.75, 3.05) is 5.33 Å². The van der Waals surface area contributed by atoms with Gasteiger partial charge in [0.05, 0.1) is 0 Å². The summed E-state index contributed by atoms with van der Waals surface area (Å²) in [7, 11) is 0. The maximum absolute atomic E-state index is 10.1. The lowest BCUT2D eigenvalue weighted by atomic mass is 10.0. The van der Waals surface area contributed by atoms with Gasteiger partial charge in [-0.1, -0.05) is 64.5 Å². The second-order valence-electron chi connectivity index (χ2n) is 3.60. The van der Waals surface area contributed by atoms with Gasteiger partial charge in [-0.25, -0.2) is 0 Å². The normalized spacial score (nSPS) is 11.3. The van der Waals surface area contributed by atoms with Crippen molar-refractivity contribution in [2.24, 2.45) is 0 Å². The van der Waals surface area contributed by atoms with Crippen molar-refractivity contribution in [1.29, 1.82) is 0 Å². The first kappa shape index (κ1) is 11.2. The van der Waals surface area contributed by atoms with E-state index < -0.39 is 0 Å². The first-order valence-electron chi connectivity index (χ1n) is 5.26. The maximum atomic E-state index is 10.1. The molecule has 0 saturated carbocycles. The molecule has 0 radical (unpaired) electrons. The lowest BCUT2D eigenvalue weighted by Crippen LogP contribution is -1.79. The van der Waals surface area contributed by atoms with Crippen molar-refractivity contribution < 1.29 is 5.11 Å². The number of hydrogen-bond donors (Lipinski definition) is 1. The molecule has 2 rings (SSSR count). The standard InChI is InChI=1S/C14H13BrO/c15-10-4-3-6-12-9-8-11-5-1-2-7-13(11)14(12)16/h1-3,5-9,16H,4,10H2. The van der Waals surface area contributed by atoms with Gasteiger partial charge in [-0.15, -0.1) is 0 Å². The number of alkyl halides is 1. The van der Waals surface area contributed by atoms with E-state index in [-0.39, 0.29) is 0 Å². The van der Waals surface area contributed by atoms with Gasteiger partial charge < -0.3 is 5.11 Å². The molecule has 0 heterocycles. The Bertz CT molecular complexity index is 517. The molecule has 2 heteroatoms. The Labute approximate surface area is 104 Å². The van der Waals surface area contributed by atoms with Crippen LogP contribution in [0.2, 0.25) is 0 Å². The number of fused-ring (bicyclic) bond motifs is 1. The Kier molecular flexibility index (Phi) is 3.62. The molecule has 2 aromatic rings. The van der Waals surface area contributed by atoms with E-state index >= 15 is 0 Å². The van der Waals surface area contributed by atoms with Crippen LogP contribution in [-0.2, 0) is 0 Å². The smallest absolute Gasteiger partial charge is 0.130 e. The van der Waals surface area contributed by atoms with Gasteiger partial charge in [0, 0.05) is 16.3 Å². The average molecular weight is 277 g/mol. The number of benzene rings is 2. The van der Waals surface area contributed by atoms with Gasteiger partial charge >= 0.3 is 0 Å². The van der Waals surface area contributed by atoms with Gasteiger partial charge in [-0.3, -0.25) is 0 Å². The van der Waals surface area contributed by atoms with Gasteiger partial charge in [-0.05, 0) is 11.8 Å². The third-order valence-electron chi connectivity index (χ3n) is 2.50. The summed E-state index contributed by atoms with van der Waals surface area (Å²) in [6.45, 7) is 0. The van der Waals surface area contributed by atoms with E-state index in [2.05, 4.69) is 22.0 Å². The van der Waals surface area contributed by atoms with Gasteiger partial charge in [0.15, 0.2) is 0 Å². The first-order chi connectivity index (χ1) is 7.83. The fourth-order valence-corrected chi connectivity index (χ4v) is 1.94. The molecule has 0 aliphatic carbocycles. The van der Waals surface area contributed by atoms with Gasteiger partial charge in [-0.2, -0.15) is 0 Å². The SMILES string of the molecule is Oc1c(C=CCCBr)ccc2ccccc12. The lowest BCUT2D eigenvalue weighted by Gasteiger charge is -2.04. The number of allylic oxidation sites excluding steroid dienone is 1.